The predicted molar refractivity (Wildman–Crippen MR) is 67.2 cm³/mol. The van der Waals surface area contributed by atoms with Crippen LogP contribution in [-0.2, 0) is 0 Å². The third kappa shape index (κ3) is 2.19. The first kappa shape index (κ1) is 12.5. The molecule has 2 heterocycles. The van der Waals surface area contributed by atoms with E-state index in [2.05, 4.69) is 22.3 Å². The maximum absolute atomic E-state index is 11.1. The summed E-state index contributed by atoms with van der Waals surface area (Å²) in [5, 5.41) is 11.1. The van der Waals surface area contributed by atoms with Crippen molar-refractivity contribution >= 4 is 17.5 Å². The van der Waals surface area contributed by atoms with E-state index >= 15 is 0 Å². The molecule has 3 N–H and O–H groups in total. The van der Waals surface area contributed by atoms with Gasteiger partial charge in [-0.1, -0.05) is 6.92 Å². The zero-order valence-electron chi connectivity index (χ0n) is 10.4. The minimum Gasteiger partial charge on any atom is -0.350 e. The third-order valence-corrected chi connectivity index (χ3v) is 3.08. The summed E-state index contributed by atoms with van der Waals surface area (Å²) in [7, 11) is 0. The van der Waals surface area contributed by atoms with E-state index in [0.717, 1.165) is 19.5 Å². The van der Waals surface area contributed by atoms with Crippen LogP contribution in [0.1, 0.15) is 19.0 Å². The highest BCUT2D eigenvalue weighted by Gasteiger charge is 2.30. The van der Waals surface area contributed by atoms with Gasteiger partial charge in [0.25, 0.3) is 0 Å². The normalized spacial score (nSPS) is 19.1. The van der Waals surface area contributed by atoms with Gasteiger partial charge in [-0.15, -0.1) is 0 Å². The molecule has 98 valence electrons. The number of nitro groups is 1. The monoisotopic (exact) mass is 252 g/mol. The number of nitrogen functional groups attached to an aromatic ring is 1. The average molecular weight is 252 g/mol. The smallest absolute Gasteiger partial charge is 0.332 e. The molecule has 1 fully saturated rings. The number of nitrogens with one attached hydrogen (secondary N) is 1. The molecule has 8 heteroatoms. The van der Waals surface area contributed by atoms with Gasteiger partial charge in [0.05, 0.1) is 4.92 Å². The Kier molecular flexibility index (Phi) is 3.28. The molecule has 0 spiro atoms. The van der Waals surface area contributed by atoms with E-state index < -0.39 is 4.92 Å². The fourth-order valence-corrected chi connectivity index (χ4v) is 2.18. The zero-order valence-corrected chi connectivity index (χ0v) is 10.4. The molecular formula is C10H16N6O2. The van der Waals surface area contributed by atoms with Crippen LogP contribution in [-0.4, -0.2) is 28.0 Å². The van der Waals surface area contributed by atoms with Gasteiger partial charge in [-0.2, -0.15) is 4.98 Å². The van der Waals surface area contributed by atoms with E-state index in [-0.39, 0.29) is 11.6 Å². The minimum absolute atomic E-state index is 0.0388. The second kappa shape index (κ2) is 4.73. The lowest BCUT2D eigenvalue weighted by Crippen LogP contribution is -2.23. The van der Waals surface area contributed by atoms with E-state index in [9.17, 15) is 10.1 Å². The van der Waals surface area contributed by atoms with E-state index in [1.165, 1.54) is 0 Å². The molecule has 1 aliphatic heterocycles. The average Bonchev–Trinajstić information content (AvgIpc) is 2.74. The van der Waals surface area contributed by atoms with Crippen molar-refractivity contribution in [2.75, 3.05) is 23.4 Å². The molecule has 1 saturated heterocycles. The first-order valence-corrected chi connectivity index (χ1v) is 5.77. The molecule has 0 aliphatic carbocycles. The summed E-state index contributed by atoms with van der Waals surface area (Å²) in [5.41, 5.74) is 2.62. The zero-order chi connectivity index (χ0) is 13.3. The quantitative estimate of drug-likeness (QED) is 0.465. The number of hydrogen-bond acceptors (Lipinski definition) is 7. The van der Waals surface area contributed by atoms with Crippen molar-refractivity contribution in [3.63, 3.8) is 0 Å². The van der Waals surface area contributed by atoms with Gasteiger partial charge in [-0.3, -0.25) is 15.5 Å². The Labute approximate surface area is 104 Å². The lowest BCUT2D eigenvalue weighted by molar-refractivity contribution is -0.385. The molecule has 2 rings (SSSR count). The van der Waals surface area contributed by atoms with Crippen molar-refractivity contribution in [1.82, 2.24) is 9.97 Å². The topological polar surface area (TPSA) is 110 Å². The van der Waals surface area contributed by atoms with Gasteiger partial charge in [-0.25, -0.2) is 10.8 Å². The molecule has 1 atom stereocenters. The summed E-state index contributed by atoms with van der Waals surface area (Å²) >= 11 is 0. The standard InChI is InChI=1S/C10H16N6O2/c1-6-3-4-15(5-6)9-8(16(17)18)7(2)12-10(13-9)14-11/h6H,3-5,11H2,1-2H3,(H,12,13,14). The maximum Gasteiger partial charge on any atom is 0.332 e. The molecular weight excluding hydrogens is 236 g/mol. The molecule has 1 aromatic rings. The van der Waals surface area contributed by atoms with Gasteiger partial charge >= 0.3 is 5.69 Å². The summed E-state index contributed by atoms with van der Waals surface area (Å²) in [4.78, 5) is 20.7. The first-order valence-electron chi connectivity index (χ1n) is 5.77. The van der Waals surface area contributed by atoms with Crippen LogP contribution >= 0.6 is 0 Å². The molecule has 1 aromatic heterocycles. The molecule has 0 saturated carbocycles. The van der Waals surface area contributed by atoms with Crippen LogP contribution in [0.15, 0.2) is 0 Å². The van der Waals surface area contributed by atoms with Crippen molar-refractivity contribution in [3.8, 4) is 0 Å². The molecule has 0 amide bonds. The second-order valence-electron chi connectivity index (χ2n) is 4.55. The highest BCUT2D eigenvalue weighted by molar-refractivity contribution is 5.62. The van der Waals surface area contributed by atoms with Crippen LogP contribution in [0.4, 0.5) is 17.5 Å². The van der Waals surface area contributed by atoms with Crippen molar-refractivity contribution in [2.24, 2.45) is 11.8 Å². The summed E-state index contributed by atoms with van der Waals surface area (Å²) in [5.74, 6) is 6.34. The Bertz CT molecular complexity index is 478. The third-order valence-electron chi connectivity index (χ3n) is 3.08. The summed E-state index contributed by atoms with van der Waals surface area (Å²) in [6.45, 7) is 5.23. The summed E-state index contributed by atoms with van der Waals surface area (Å²) in [6, 6.07) is 0. The van der Waals surface area contributed by atoms with Gasteiger partial charge in [-0.05, 0) is 19.3 Å². The molecule has 0 aromatic carbocycles. The van der Waals surface area contributed by atoms with E-state index in [4.69, 9.17) is 5.84 Å². The fourth-order valence-electron chi connectivity index (χ4n) is 2.18. The van der Waals surface area contributed by atoms with Crippen molar-refractivity contribution in [1.29, 1.82) is 0 Å². The Morgan fingerprint density at radius 3 is 2.78 bits per heavy atom. The van der Waals surface area contributed by atoms with Crippen molar-refractivity contribution in [3.05, 3.63) is 15.8 Å². The van der Waals surface area contributed by atoms with Gasteiger partial charge in [0.15, 0.2) is 0 Å². The lowest BCUT2D eigenvalue weighted by atomic mass is 10.2. The predicted octanol–water partition coefficient (Wildman–Crippen LogP) is 0.825. The number of aromatic nitrogens is 2. The molecule has 0 bridgehead atoms. The van der Waals surface area contributed by atoms with Gasteiger partial charge in [0.1, 0.15) is 5.69 Å². The first-order chi connectivity index (χ1) is 8.52. The van der Waals surface area contributed by atoms with E-state index in [0.29, 0.717) is 17.4 Å². The van der Waals surface area contributed by atoms with Crippen LogP contribution < -0.4 is 16.2 Å². The molecule has 8 nitrogen and oxygen atoms in total. The minimum atomic E-state index is -0.437. The van der Waals surface area contributed by atoms with Crippen LogP contribution in [0.2, 0.25) is 0 Å². The Morgan fingerprint density at radius 1 is 1.56 bits per heavy atom. The van der Waals surface area contributed by atoms with Crippen molar-refractivity contribution in [2.45, 2.75) is 20.3 Å². The number of hydrogen-bond donors (Lipinski definition) is 2. The lowest BCUT2D eigenvalue weighted by Gasteiger charge is -2.18. The Hall–Kier alpha value is -1.96. The van der Waals surface area contributed by atoms with Gasteiger partial charge < -0.3 is 4.90 Å². The SMILES string of the molecule is Cc1nc(NN)nc(N2CCC(C)C2)c1[N+](=O)[O-]. The second-order valence-corrected chi connectivity index (χ2v) is 4.55. The van der Waals surface area contributed by atoms with Crippen LogP contribution in [0, 0.1) is 23.0 Å². The highest BCUT2D eigenvalue weighted by atomic mass is 16.6. The maximum atomic E-state index is 11.1. The molecule has 1 aliphatic rings. The molecule has 0 radical (unpaired) electrons. The van der Waals surface area contributed by atoms with Gasteiger partial charge in [0.2, 0.25) is 11.8 Å². The molecule has 1 unspecified atom stereocenters. The Morgan fingerprint density at radius 2 is 2.28 bits per heavy atom. The van der Waals surface area contributed by atoms with Crippen molar-refractivity contribution < 1.29 is 4.92 Å². The number of hydrazine groups is 1. The largest absolute Gasteiger partial charge is 0.350 e. The van der Waals surface area contributed by atoms with Crippen LogP contribution in [0.25, 0.3) is 0 Å². The number of nitrogens with two attached hydrogens (primary N) is 1. The number of rotatable bonds is 3. The summed E-state index contributed by atoms with van der Waals surface area (Å²) < 4.78 is 0. The fraction of sp³-hybridized carbons (Fsp3) is 0.600. The van der Waals surface area contributed by atoms with E-state index in [1.54, 1.807) is 6.92 Å². The summed E-state index contributed by atoms with van der Waals surface area (Å²) in [6.07, 6.45) is 1.01. The van der Waals surface area contributed by atoms with Gasteiger partial charge in [0, 0.05) is 13.1 Å². The number of anilines is 2. The Balaban J connectivity index is 2.48. The number of aryl methyl sites for hydroxylation is 1. The van der Waals surface area contributed by atoms with Crippen LogP contribution in [0.5, 0.6) is 0 Å². The molecule has 18 heavy (non-hydrogen) atoms. The number of nitrogens with zero attached hydrogens (tertiary/aromatic N) is 4. The van der Waals surface area contributed by atoms with Crippen LogP contribution in [0.3, 0.4) is 0 Å². The van der Waals surface area contributed by atoms with E-state index in [1.807, 2.05) is 4.90 Å². The highest BCUT2D eigenvalue weighted by Crippen LogP contribution is 2.32.